The summed E-state index contributed by atoms with van der Waals surface area (Å²) >= 11 is 3.87. The van der Waals surface area contributed by atoms with Gasteiger partial charge in [-0.25, -0.2) is 0 Å². The van der Waals surface area contributed by atoms with Crippen LogP contribution in [0.15, 0.2) is 0 Å². The van der Waals surface area contributed by atoms with Crippen LogP contribution in [0.2, 0.25) is 0 Å². The Labute approximate surface area is 50.9 Å². The predicted molar refractivity (Wildman–Crippen MR) is 19.4 cm³/mol. The van der Waals surface area contributed by atoms with E-state index in [1.165, 1.54) is 0 Å². The van der Waals surface area contributed by atoms with E-state index >= 15 is 0 Å². The van der Waals surface area contributed by atoms with Crippen molar-refractivity contribution in [3.8, 4) is 0 Å². The molecule has 0 unspecified atom stereocenters. The van der Waals surface area contributed by atoms with E-state index in [0.29, 0.717) is 0 Å². The molecule has 0 aromatic carbocycles. The Balaban J connectivity index is 0. The smallest absolute Gasteiger partial charge is 0.251 e. The van der Waals surface area contributed by atoms with Gasteiger partial charge >= 0.3 is 0 Å². The number of hydrogen-bond donors (Lipinski definition) is 2. The Morgan fingerprint density at radius 1 is 1.80 bits per heavy atom. The van der Waals surface area contributed by atoms with Crippen LogP contribution in [0, 0.1) is 0 Å². The summed E-state index contributed by atoms with van der Waals surface area (Å²) < 4.78 is 0. The maximum Gasteiger partial charge on any atom is 0.251 e. The molecule has 5 heavy (non-hydrogen) atoms. The van der Waals surface area contributed by atoms with Crippen LogP contribution in [0.1, 0.15) is 0 Å². The Bertz CT molecular complexity index is 34.6. The molecule has 0 heterocycles. The largest absolute Gasteiger partial charge is 0.487 e. The average Bonchev–Trinajstić information content (AvgIpc) is 0.811. The first-order valence-electron chi connectivity index (χ1n) is 0.716. The average molecular weight is 274 g/mol. The third kappa shape index (κ3) is 141. The second-order valence-corrected chi connectivity index (χ2v) is 0.757. The standard InChI is InChI=1S/CH3NOS.Au/c2-1(3)4;/h(H3,2,3,4);. The molecule has 0 aliphatic carbocycles. The van der Waals surface area contributed by atoms with Gasteiger partial charge in [-0.1, -0.05) is 0 Å². The van der Waals surface area contributed by atoms with Gasteiger partial charge in [-0.15, -0.1) is 0 Å². The van der Waals surface area contributed by atoms with Crippen molar-refractivity contribution in [2.75, 3.05) is 0 Å². The zero-order valence-corrected chi connectivity index (χ0v) is 5.22. The number of rotatable bonds is 0. The number of aliphatic hydroxyl groups excluding tert-OH is 1. The van der Waals surface area contributed by atoms with Crippen molar-refractivity contribution in [2.24, 2.45) is 5.73 Å². The minimum atomic E-state index is -0.500. The second-order valence-electron chi connectivity index (χ2n) is 0.338. The van der Waals surface area contributed by atoms with E-state index in [1.54, 1.807) is 0 Å². The monoisotopic (exact) mass is 274 g/mol. The molecule has 0 bridgehead atoms. The third-order valence-corrected chi connectivity index (χ3v) is 0. The molecule has 0 saturated heterocycles. The van der Waals surface area contributed by atoms with Gasteiger partial charge in [0.05, 0.1) is 0 Å². The molecule has 0 amide bonds. The van der Waals surface area contributed by atoms with E-state index < -0.39 is 5.17 Å². The molecule has 0 aromatic heterocycles. The molecule has 0 spiro atoms. The van der Waals surface area contributed by atoms with Gasteiger partial charge in [-0.05, 0) is 12.2 Å². The first kappa shape index (κ1) is 9.06. The van der Waals surface area contributed by atoms with Crippen LogP contribution in [0.5, 0.6) is 0 Å². The third-order valence-electron chi connectivity index (χ3n) is 0. The maximum absolute atomic E-state index is 7.56. The fourth-order valence-electron chi connectivity index (χ4n) is 0. The van der Waals surface area contributed by atoms with Gasteiger partial charge in [0.15, 0.2) is 0 Å². The predicted octanol–water partition coefficient (Wildman–Crippen LogP) is -0.214. The Morgan fingerprint density at radius 3 is 1.80 bits per heavy atom. The van der Waals surface area contributed by atoms with Crippen molar-refractivity contribution in [1.82, 2.24) is 0 Å². The van der Waals surface area contributed by atoms with Crippen LogP contribution in [0.3, 0.4) is 0 Å². The summed E-state index contributed by atoms with van der Waals surface area (Å²) in [5.74, 6) is 0. The molecule has 3 N–H and O–H groups in total. The summed E-state index contributed by atoms with van der Waals surface area (Å²) in [7, 11) is 0. The van der Waals surface area contributed by atoms with E-state index in [9.17, 15) is 0 Å². The molecule has 0 rings (SSSR count). The second kappa shape index (κ2) is 4.43. The summed E-state index contributed by atoms with van der Waals surface area (Å²) in [6.07, 6.45) is 0. The molecular weight excluding hydrogens is 271 g/mol. The zero-order valence-electron chi connectivity index (χ0n) is 2.23. The van der Waals surface area contributed by atoms with Gasteiger partial charge < -0.3 is 10.8 Å². The topological polar surface area (TPSA) is 46.2 Å². The summed E-state index contributed by atoms with van der Waals surface area (Å²) in [5, 5.41) is 7.06. The molecule has 35 valence electrons. The molecule has 0 aliphatic heterocycles. The van der Waals surface area contributed by atoms with Crippen LogP contribution in [0.25, 0.3) is 0 Å². The Morgan fingerprint density at radius 2 is 1.80 bits per heavy atom. The van der Waals surface area contributed by atoms with Gasteiger partial charge in [0.25, 0.3) is 5.17 Å². The van der Waals surface area contributed by atoms with Crippen molar-refractivity contribution >= 4 is 17.4 Å². The van der Waals surface area contributed by atoms with Crippen molar-refractivity contribution in [3.63, 3.8) is 0 Å². The molecule has 1 radical (unpaired) electrons. The number of aliphatic hydroxyl groups is 1. The fourth-order valence-corrected chi connectivity index (χ4v) is 0. The molecular formula is CH3AuNOS. The van der Waals surface area contributed by atoms with Gasteiger partial charge in [-0.3, -0.25) is 0 Å². The quantitative estimate of drug-likeness (QED) is 0.474. The summed E-state index contributed by atoms with van der Waals surface area (Å²) in [4.78, 5) is 0. The van der Waals surface area contributed by atoms with Crippen LogP contribution >= 0.6 is 12.2 Å². The van der Waals surface area contributed by atoms with Gasteiger partial charge in [-0.2, -0.15) is 0 Å². The zero-order chi connectivity index (χ0) is 3.58. The molecule has 0 fully saturated rings. The van der Waals surface area contributed by atoms with Gasteiger partial charge in [0, 0.05) is 22.4 Å². The number of nitrogens with two attached hydrogens (primary N) is 1. The number of hydrogen-bond acceptors (Lipinski definition) is 1. The van der Waals surface area contributed by atoms with Gasteiger partial charge in [0.1, 0.15) is 0 Å². The molecule has 4 heteroatoms. The normalized spacial score (nSPS) is 4.80. The van der Waals surface area contributed by atoms with Gasteiger partial charge in [0.2, 0.25) is 0 Å². The van der Waals surface area contributed by atoms with Crippen molar-refractivity contribution in [1.29, 1.82) is 0 Å². The Kier molecular flexibility index (Phi) is 8.03. The SMILES string of the molecule is NC(O)=S.[Au]. The van der Waals surface area contributed by atoms with Crippen LogP contribution in [-0.4, -0.2) is 10.3 Å². The van der Waals surface area contributed by atoms with Crippen molar-refractivity contribution < 1.29 is 27.5 Å². The first-order chi connectivity index (χ1) is 1.73. The molecule has 0 atom stereocenters. The minimum Gasteiger partial charge on any atom is -0.487 e. The fraction of sp³-hybridized carbons (Fsp3) is 0. The summed E-state index contributed by atoms with van der Waals surface area (Å²) in [5.41, 5.74) is 4.40. The minimum absolute atomic E-state index is 0. The maximum atomic E-state index is 7.56. The van der Waals surface area contributed by atoms with Crippen molar-refractivity contribution in [2.45, 2.75) is 0 Å². The van der Waals surface area contributed by atoms with Crippen LogP contribution in [0.4, 0.5) is 0 Å². The summed E-state index contributed by atoms with van der Waals surface area (Å²) in [6, 6.07) is 0. The van der Waals surface area contributed by atoms with E-state index in [-0.39, 0.29) is 22.4 Å². The first-order valence-corrected chi connectivity index (χ1v) is 1.12. The molecule has 0 saturated carbocycles. The van der Waals surface area contributed by atoms with Crippen LogP contribution in [-0.2, 0) is 22.4 Å². The van der Waals surface area contributed by atoms with Crippen molar-refractivity contribution in [3.05, 3.63) is 0 Å². The molecule has 0 aromatic rings. The van der Waals surface area contributed by atoms with E-state index in [0.717, 1.165) is 0 Å². The molecule has 0 aliphatic rings. The van der Waals surface area contributed by atoms with E-state index in [1.807, 2.05) is 0 Å². The number of thiocarbonyl (C=S) groups is 1. The molecule has 2 nitrogen and oxygen atoms in total. The van der Waals surface area contributed by atoms with E-state index in [4.69, 9.17) is 5.11 Å². The van der Waals surface area contributed by atoms with E-state index in [2.05, 4.69) is 18.0 Å². The van der Waals surface area contributed by atoms with Crippen LogP contribution < -0.4 is 5.73 Å². The Hall–Kier alpha value is 0.430. The summed E-state index contributed by atoms with van der Waals surface area (Å²) in [6.45, 7) is 0.